The maximum atomic E-state index is 13.5. The molecule has 0 spiro atoms. The van der Waals surface area contributed by atoms with Gasteiger partial charge in [-0.1, -0.05) is 13.8 Å². The summed E-state index contributed by atoms with van der Waals surface area (Å²) in [7, 11) is 0. The number of benzene rings is 1. The Balaban J connectivity index is 1.87. The predicted molar refractivity (Wildman–Crippen MR) is 91.9 cm³/mol. The fourth-order valence-electron chi connectivity index (χ4n) is 3.33. The first kappa shape index (κ1) is 20.2. The van der Waals surface area contributed by atoms with Crippen molar-refractivity contribution in [2.24, 2.45) is 11.8 Å². The van der Waals surface area contributed by atoms with Crippen LogP contribution in [0.15, 0.2) is 12.1 Å². The van der Waals surface area contributed by atoms with Crippen LogP contribution in [0.3, 0.4) is 0 Å². The second kappa shape index (κ2) is 8.53. The van der Waals surface area contributed by atoms with Crippen LogP contribution in [0.5, 0.6) is 0 Å². The van der Waals surface area contributed by atoms with Gasteiger partial charge in [0.25, 0.3) is 0 Å². The van der Waals surface area contributed by atoms with Crippen molar-refractivity contribution in [1.29, 1.82) is 0 Å². The van der Waals surface area contributed by atoms with Crippen LogP contribution >= 0.6 is 0 Å². The van der Waals surface area contributed by atoms with Crippen molar-refractivity contribution in [2.75, 3.05) is 25.0 Å². The molecular weight excluding hydrogens is 347 g/mol. The van der Waals surface area contributed by atoms with Gasteiger partial charge in [0, 0.05) is 13.1 Å². The van der Waals surface area contributed by atoms with Crippen LogP contribution in [0.4, 0.5) is 18.9 Å². The minimum absolute atomic E-state index is 0.313. The second-order valence-electron chi connectivity index (χ2n) is 7.06. The van der Waals surface area contributed by atoms with Gasteiger partial charge in [-0.3, -0.25) is 14.5 Å². The second-order valence-corrected chi connectivity index (χ2v) is 7.06. The number of nitrogens with zero attached hydrogens (tertiary/aromatic N) is 1. The SMILES string of the molecule is C[C@@H]1C[C@H](C)CN([C@@H](C)C(=O)NCC(=O)Nc2ccc(F)c(F)c2F)C1. The molecule has 1 aromatic carbocycles. The molecule has 2 rings (SSSR count). The molecule has 0 unspecified atom stereocenters. The molecule has 0 aromatic heterocycles. The summed E-state index contributed by atoms with van der Waals surface area (Å²) in [6.45, 7) is 7.28. The first-order valence-electron chi connectivity index (χ1n) is 8.64. The third kappa shape index (κ3) is 4.97. The molecule has 1 saturated heterocycles. The van der Waals surface area contributed by atoms with Crippen molar-refractivity contribution in [3.8, 4) is 0 Å². The highest BCUT2D eigenvalue weighted by Crippen LogP contribution is 2.22. The van der Waals surface area contributed by atoms with Crippen LogP contribution in [0.2, 0.25) is 0 Å². The quantitative estimate of drug-likeness (QED) is 0.782. The molecule has 2 N–H and O–H groups in total. The van der Waals surface area contributed by atoms with Crippen LogP contribution in [-0.4, -0.2) is 42.4 Å². The van der Waals surface area contributed by atoms with Crippen molar-refractivity contribution >= 4 is 17.5 Å². The van der Waals surface area contributed by atoms with Crippen LogP contribution in [-0.2, 0) is 9.59 Å². The highest BCUT2D eigenvalue weighted by atomic mass is 19.2. The minimum atomic E-state index is -1.66. The lowest BCUT2D eigenvalue weighted by atomic mass is 9.91. The van der Waals surface area contributed by atoms with Gasteiger partial charge in [-0.2, -0.15) is 0 Å². The Labute approximate surface area is 150 Å². The summed E-state index contributed by atoms with van der Waals surface area (Å²) in [4.78, 5) is 26.2. The third-order valence-electron chi connectivity index (χ3n) is 4.56. The van der Waals surface area contributed by atoms with E-state index in [1.54, 1.807) is 6.92 Å². The molecule has 0 radical (unpaired) electrons. The van der Waals surface area contributed by atoms with Crippen molar-refractivity contribution in [1.82, 2.24) is 10.2 Å². The first-order chi connectivity index (χ1) is 12.2. The highest BCUT2D eigenvalue weighted by molar-refractivity contribution is 5.95. The van der Waals surface area contributed by atoms with Crippen molar-refractivity contribution in [3.63, 3.8) is 0 Å². The highest BCUT2D eigenvalue weighted by Gasteiger charge is 2.28. The van der Waals surface area contributed by atoms with E-state index >= 15 is 0 Å². The number of hydrogen-bond acceptors (Lipinski definition) is 3. The number of likely N-dealkylation sites (tertiary alicyclic amines) is 1. The number of carbonyl (C=O) groups excluding carboxylic acids is 2. The van der Waals surface area contributed by atoms with E-state index in [1.165, 1.54) is 0 Å². The Morgan fingerprint density at radius 3 is 2.38 bits per heavy atom. The number of anilines is 1. The van der Waals surface area contributed by atoms with Gasteiger partial charge in [-0.05, 0) is 37.3 Å². The predicted octanol–water partition coefficient (Wildman–Crippen LogP) is 2.53. The van der Waals surface area contributed by atoms with Crippen molar-refractivity contribution in [3.05, 3.63) is 29.6 Å². The van der Waals surface area contributed by atoms with Gasteiger partial charge in [-0.15, -0.1) is 0 Å². The number of rotatable bonds is 5. The molecule has 26 heavy (non-hydrogen) atoms. The molecule has 0 aliphatic carbocycles. The topological polar surface area (TPSA) is 61.4 Å². The van der Waals surface area contributed by atoms with Crippen LogP contribution in [0.1, 0.15) is 27.2 Å². The maximum Gasteiger partial charge on any atom is 0.243 e. The normalized spacial score (nSPS) is 21.9. The smallest absolute Gasteiger partial charge is 0.243 e. The average Bonchev–Trinajstić information content (AvgIpc) is 2.58. The van der Waals surface area contributed by atoms with Crippen molar-refractivity contribution < 1.29 is 22.8 Å². The van der Waals surface area contributed by atoms with Gasteiger partial charge in [0.1, 0.15) is 0 Å². The number of halogens is 3. The molecule has 0 saturated carbocycles. The summed E-state index contributed by atoms with van der Waals surface area (Å²) >= 11 is 0. The maximum absolute atomic E-state index is 13.5. The number of amides is 2. The standard InChI is InChI=1S/C18H24F3N3O2/c1-10-6-11(2)9-24(8-10)12(3)18(26)22-7-15(25)23-14-5-4-13(19)16(20)17(14)21/h4-5,10-12H,6-9H2,1-3H3,(H,22,26)(H,23,25)/t10-,11+,12-/m0/s1. The summed E-state index contributed by atoms with van der Waals surface area (Å²) in [5.41, 5.74) is -0.477. The Morgan fingerprint density at radius 1 is 1.15 bits per heavy atom. The Bertz CT molecular complexity index is 674. The van der Waals surface area contributed by atoms with E-state index < -0.39 is 35.1 Å². The monoisotopic (exact) mass is 371 g/mol. The van der Waals surface area contributed by atoms with Crippen LogP contribution < -0.4 is 10.6 Å². The largest absolute Gasteiger partial charge is 0.346 e. The number of nitrogens with one attached hydrogen (secondary N) is 2. The van der Waals surface area contributed by atoms with E-state index in [0.29, 0.717) is 17.9 Å². The number of carbonyl (C=O) groups is 2. The van der Waals surface area contributed by atoms with E-state index in [-0.39, 0.29) is 12.5 Å². The zero-order valence-electron chi connectivity index (χ0n) is 15.1. The van der Waals surface area contributed by atoms with Gasteiger partial charge >= 0.3 is 0 Å². The van der Waals surface area contributed by atoms with Crippen LogP contribution in [0.25, 0.3) is 0 Å². The van der Waals surface area contributed by atoms with E-state index in [2.05, 4.69) is 29.4 Å². The molecule has 3 atom stereocenters. The van der Waals surface area contributed by atoms with E-state index in [4.69, 9.17) is 0 Å². The molecule has 144 valence electrons. The fraction of sp³-hybridized carbons (Fsp3) is 0.556. The lowest BCUT2D eigenvalue weighted by Gasteiger charge is -2.38. The van der Waals surface area contributed by atoms with Crippen molar-refractivity contribution in [2.45, 2.75) is 33.2 Å². The zero-order valence-corrected chi connectivity index (χ0v) is 15.1. The molecule has 5 nitrogen and oxygen atoms in total. The minimum Gasteiger partial charge on any atom is -0.346 e. The summed E-state index contributed by atoms with van der Waals surface area (Å²) in [5.74, 6) is -4.53. The molecule has 2 amide bonds. The Kier molecular flexibility index (Phi) is 6.63. The molecule has 0 bridgehead atoms. The zero-order chi connectivity index (χ0) is 19.4. The third-order valence-corrected chi connectivity index (χ3v) is 4.56. The molecular formula is C18H24F3N3O2. The van der Waals surface area contributed by atoms with Gasteiger partial charge in [0.2, 0.25) is 11.8 Å². The average molecular weight is 371 g/mol. The lowest BCUT2D eigenvalue weighted by molar-refractivity contribution is -0.128. The van der Waals surface area contributed by atoms with E-state index in [9.17, 15) is 22.8 Å². The lowest BCUT2D eigenvalue weighted by Crippen LogP contribution is -2.51. The molecule has 8 heteroatoms. The van der Waals surface area contributed by atoms with Crippen LogP contribution in [0, 0.1) is 29.3 Å². The molecule has 1 heterocycles. The van der Waals surface area contributed by atoms with E-state index in [0.717, 1.165) is 25.6 Å². The summed E-state index contributed by atoms with van der Waals surface area (Å²) in [6, 6.07) is 1.24. The van der Waals surface area contributed by atoms with Gasteiger partial charge in [0.05, 0.1) is 18.3 Å². The summed E-state index contributed by atoms with van der Waals surface area (Å²) in [6.07, 6.45) is 1.12. The first-order valence-corrected chi connectivity index (χ1v) is 8.64. The molecule has 1 fully saturated rings. The van der Waals surface area contributed by atoms with Gasteiger partial charge in [0.15, 0.2) is 17.5 Å². The molecule has 1 aliphatic rings. The number of hydrogen-bond donors (Lipinski definition) is 2. The van der Waals surface area contributed by atoms with Gasteiger partial charge in [-0.25, -0.2) is 13.2 Å². The summed E-state index contributed by atoms with van der Waals surface area (Å²) in [5, 5.41) is 4.61. The molecule has 1 aromatic rings. The number of piperidine rings is 1. The van der Waals surface area contributed by atoms with Gasteiger partial charge < -0.3 is 10.6 Å². The Hall–Kier alpha value is -2.09. The van der Waals surface area contributed by atoms with E-state index in [1.807, 2.05) is 0 Å². The Morgan fingerprint density at radius 2 is 1.77 bits per heavy atom. The fourth-order valence-corrected chi connectivity index (χ4v) is 3.33. The summed E-state index contributed by atoms with van der Waals surface area (Å²) < 4.78 is 39.6. The molecule has 1 aliphatic heterocycles.